The first-order valence-corrected chi connectivity index (χ1v) is 6.98. The lowest BCUT2D eigenvalue weighted by Crippen LogP contribution is -2.23. The predicted molar refractivity (Wildman–Crippen MR) is 77.2 cm³/mol. The fourth-order valence-corrected chi connectivity index (χ4v) is 2.04. The van der Waals surface area contributed by atoms with Gasteiger partial charge in [0.15, 0.2) is 10.5 Å². The average molecular weight is 342 g/mol. The molecule has 0 aliphatic heterocycles. The molecule has 0 aromatic carbocycles. The molecule has 0 saturated heterocycles. The maximum absolute atomic E-state index is 11.7. The lowest BCUT2D eigenvalue weighted by molar-refractivity contribution is -0.116. The minimum absolute atomic E-state index is 0.0919. The number of anilines is 1. The fourth-order valence-electron chi connectivity index (χ4n) is 1.70. The molecule has 0 saturated carbocycles. The molecule has 0 aliphatic carbocycles. The summed E-state index contributed by atoms with van der Waals surface area (Å²) >= 11 is 3.26. The van der Waals surface area contributed by atoms with Gasteiger partial charge in [-0.2, -0.15) is 0 Å². The molecule has 20 heavy (non-hydrogen) atoms. The number of amides is 1. The third-order valence-corrected chi connectivity index (χ3v) is 3.10. The first-order chi connectivity index (χ1) is 9.52. The molecule has 0 atom stereocenters. The smallest absolute Gasteiger partial charge is 0.226 e. The van der Waals surface area contributed by atoms with E-state index >= 15 is 0 Å². The standard InChI is InChI=1S/C13H16BrN3O3/c1-9-7-12(16-20-9)15-13(18)5-6-17(2)8-10-3-4-11(14)19-10/h3-4,7H,5-6,8H2,1-2H3,(H,15,16,18). The molecule has 0 fully saturated rings. The Morgan fingerprint density at radius 1 is 1.50 bits per heavy atom. The Morgan fingerprint density at radius 2 is 2.30 bits per heavy atom. The number of aromatic nitrogens is 1. The molecule has 2 heterocycles. The molecule has 0 unspecified atom stereocenters. The second-order valence-corrected chi connectivity index (χ2v) is 5.35. The van der Waals surface area contributed by atoms with Crippen molar-refractivity contribution in [1.82, 2.24) is 10.1 Å². The maximum atomic E-state index is 11.7. The topological polar surface area (TPSA) is 71.5 Å². The summed E-state index contributed by atoms with van der Waals surface area (Å²) in [6.07, 6.45) is 0.379. The highest BCUT2D eigenvalue weighted by Gasteiger charge is 2.09. The van der Waals surface area contributed by atoms with E-state index in [0.29, 0.717) is 35.8 Å². The first kappa shape index (κ1) is 14.8. The van der Waals surface area contributed by atoms with Gasteiger partial charge < -0.3 is 14.3 Å². The molecule has 0 aliphatic rings. The predicted octanol–water partition coefficient (Wildman–Crippen LogP) is 2.80. The zero-order valence-corrected chi connectivity index (χ0v) is 12.9. The van der Waals surface area contributed by atoms with E-state index in [0.717, 1.165) is 5.76 Å². The molecule has 1 N–H and O–H groups in total. The number of nitrogens with zero attached hydrogens (tertiary/aromatic N) is 2. The number of hydrogen-bond acceptors (Lipinski definition) is 5. The van der Waals surface area contributed by atoms with E-state index in [4.69, 9.17) is 8.94 Å². The number of rotatable bonds is 6. The van der Waals surface area contributed by atoms with E-state index in [2.05, 4.69) is 26.4 Å². The van der Waals surface area contributed by atoms with Crippen LogP contribution in [-0.2, 0) is 11.3 Å². The van der Waals surface area contributed by atoms with Crippen molar-refractivity contribution in [2.75, 3.05) is 18.9 Å². The Kier molecular flexibility index (Phi) is 4.97. The quantitative estimate of drug-likeness (QED) is 0.874. The van der Waals surface area contributed by atoms with Gasteiger partial charge in [-0.25, -0.2) is 0 Å². The number of carbonyl (C=O) groups excluding carboxylic acids is 1. The van der Waals surface area contributed by atoms with Gasteiger partial charge in [0.05, 0.1) is 6.54 Å². The Bertz CT molecular complexity index is 579. The maximum Gasteiger partial charge on any atom is 0.226 e. The minimum Gasteiger partial charge on any atom is -0.453 e. The van der Waals surface area contributed by atoms with Crippen LogP contribution in [0.25, 0.3) is 0 Å². The SMILES string of the molecule is Cc1cc(NC(=O)CCN(C)Cc2ccc(Br)o2)no1. The largest absolute Gasteiger partial charge is 0.453 e. The summed E-state index contributed by atoms with van der Waals surface area (Å²) in [5.41, 5.74) is 0. The van der Waals surface area contributed by atoms with Crippen LogP contribution in [0, 0.1) is 6.92 Å². The monoisotopic (exact) mass is 341 g/mol. The van der Waals surface area contributed by atoms with Gasteiger partial charge in [0.1, 0.15) is 11.5 Å². The van der Waals surface area contributed by atoms with E-state index < -0.39 is 0 Å². The van der Waals surface area contributed by atoms with Crippen molar-refractivity contribution in [1.29, 1.82) is 0 Å². The van der Waals surface area contributed by atoms with Crippen molar-refractivity contribution in [2.45, 2.75) is 19.9 Å². The zero-order valence-electron chi connectivity index (χ0n) is 11.4. The summed E-state index contributed by atoms with van der Waals surface area (Å²) in [6.45, 7) is 3.06. The molecule has 0 radical (unpaired) electrons. The van der Waals surface area contributed by atoms with Gasteiger partial charge in [-0.15, -0.1) is 0 Å². The van der Waals surface area contributed by atoms with Crippen molar-refractivity contribution in [2.24, 2.45) is 0 Å². The van der Waals surface area contributed by atoms with E-state index in [9.17, 15) is 4.79 Å². The summed E-state index contributed by atoms with van der Waals surface area (Å²) in [5, 5.41) is 6.40. The molecule has 1 amide bonds. The van der Waals surface area contributed by atoms with Crippen LogP contribution in [0.3, 0.4) is 0 Å². The normalized spacial score (nSPS) is 11.0. The van der Waals surface area contributed by atoms with E-state index in [1.54, 1.807) is 13.0 Å². The zero-order chi connectivity index (χ0) is 14.5. The van der Waals surface area contributed by atoms with Crippen LogP contribution in [0.2, 0.25) is 0 Å². The first-order valence-electron chi connectivity index (χ1n) is 6.19. The Morgan fingerprint density at radius 3 is 2.90 bits per heavy atom. The number of nitrogens with one attached hydrogen (secondary N) is 1. The molecule has 6 nitrogen and oxygen atoms in total. The highest BCUT2D eigenvalue weighted by Crippen LogP contribution is 2.15. The minimum atomic E-state index is -0.0919. The Labute approximate surface area is 125 Å². The van der Waals surface area contributed by atoms with E-state index in [1.165, 1.54) is 0 Å². The average Bonchev–Trinajstić information content (AvgIpc) is 2.96. The lowest BCUT2D eigenvalue weighted by Gasteiger charge is -2.14. The second kappa shape index (κ2) is 6.71. The van der Waals surface area contributed by atoms with Crippen molar-refractivity contribution in [3.8, 4) is 0 Å². The van der Waals surface area contributed by atoms with Crippen LogP contribution in [0.15, 0.2) is 31.8 Å². The second-order valence-electron chi connectivity index (χ2n) is 4.56. The summed E-state index contributed by atoms with van der Waals surface area (Å²) in [5.74, 6) is 1.88. The van der Waals surface area contributed by atoms with Crippen LogP contribution in [0.1, 0.15) is 17.9 Å². The highest BCUT2D eigenvalue weighted by molar-refractivity contribution is 9.10. The summed E-state index contributed by atoms with van der Waals surface area (Å²) in [4.78, 5) is 13.7. The number of carbonyl (C=O) groups is 1. The number of halogens is 1. The van der Waals surface area contributed by atoms with Gasteiger partial charge in [0, 0.05) is 19.0 Å². The van der Waals surface area contributed by atoms with Crippen molar-refractivity contribution < 1.29 is 13.7 Å². The molecule has 0 bridgehead atoms. The fraction of sp³-hybridized carbons (Fsp3) is 0.385. The van der Waals surface area contributed by atoms with Crippen molar-refractivity contribution >= 4 is 27.7 Å². The van der Waals surface area contributed by atoms with Gasteiger partial charge in [0.2, 0.25) is 5.91 Å². The van der Waals surface area contributed by atoms with Gasteiger partial charge in [-0.3, -0.25) is 9.69 Å². The molecule has 2 aromatic heterocycles. The van der Waals surface area contributed by atoms with Crippen molar-refractivity contribution in [3.05, 3.63) is 34.4 Å². The Balaban J connectivity index is 1.72. The van der Waals surface area contributed by atoms with Crippen molar-refractivity contribution in [3.63, 3.8) is 0 Å². The van der Waals surface area contributed by atoms with Gasteiger partial charge in [-0.05, 0) is 42.0 Å². The molecule has 108 valence electrons. The summed E-state index contributed by atoms with van der Waals surface area (Å²) in [7, 11) is 1.93. The van der Waals surface area contributed by atoms with Crippen LogP contribution in [0.5, 0.6) is 0 Å². The van der Waals surface area contributed by atoms with E-state index in [1.807, 2.05) is 24.1 Å². The number of aryl methyl sites for hydroxylation is 1. The molecular formula is C13H16BrN3O3. The molecular weight excluding hydrogens is 326 g/mol. The Hall–Kier alpha value is -1.60. The molecule has 7 heteroatoms. The highest BCUT2D eigenvalue weighted by atomic mass is 79.9. The summed E-state index contributed by atoms with van der Waals surface area (Å²) < 4.78 is 11.0. The lowest BCUT2D eigenvalue weighted by atomic mass is 10.3. The number of hydrogen-bond donors (Lipinski definition) is 1. The van der Waals surface area contributed by atoms with Crippen LogP contribution >= 0.6 is 15.9 Å². The third kappa shape index (κ3) is 4.50. The number of furan rings is 1. The van der Waals surface area contributed by atoms with Crippen LogP contribution < -0.4 is 5.32 Å². The van der Waals surface area contributed by atoms with Gasteiger partial charge >= 0.3 is 0 Å². The summed E-state index contributed by atoms with van der Waals surface area (Å²) in [6, 6.07) is 5.43. The third-order valence-electron chi connectivity index (χ3n) is 2.67. The van der Waals surface area contributed by atoms with Gasteiger partial charge in [-0.1, -0.05) is 5.16 Å². The molecule has 0 spiro atoms. The molecule has 2 aromatic rings. The van der Waals surface area contributed by atoms with Crippen LogP contribution in [0.4, 0.5) is 5.82 Å². The van der Waals surface area contributed by atoms with Crippen LogP contribution in [-0.4, -0.2) is 29.6 Å². The van der Waals surface area contributed by atoms with Gasteiger partial charge in [0.25, 0.3) is 0 Å². The molecule has 2 rings (SSSR count). The van der Waals surface area contributed by atoms with E-state index in [-0.39, 0.29) is 5.91 Å².